The molecule has 4 heteroatoms. The van der Waals surface area contributed by atoms with Gasteiger partial charge in [-0.3, -0.25) is 0 Å². The summed E-state index contributed by atoms with van der Waals surface area (Å²) in [7, 11) is 0. The van der Waals surface area contributed by atoms with Crippen molar-refractivity contribution >= 4 is 16.9 Å². The number of nitrogens with zero attached hydrogens (tertiary/aromatic N) is 3. The summed E-state index contributed by atoms with van der Waals surface area (Å²) in [5, 5.41) is 4.54. The lowest BCUT2D eigenvalue weighted by Crippen LogP contribution is -2.38. The summed E-state index contributed by atoms with van der Waals surface area (Å²) in [6.07, 6.45) is 4.38. The lowest BCUT2D eigenvalue weighted by molar-refractivity contribution is 0.581. The molecular weight excluding hydrogens is 236 g/mol. The Morgan fingerprint density at radius 3 is 3.16 bits per heavy atom. The Bertz CT molecular complexity index is 555. The molecule has 0 saturated carbocycles. The van der Waals surface area contributed by atoms with Crippen molar-refractivity contribution in [2.24, 2.45) is 0 Å². The second-order valence-corrected chi connectivity index (χ2v) is 5.03. The number of para-hydroxylation sites is 1. The number of anilines is 1. The van der Waals surface area contributed by atoms with Crippen molar-refractivity contribution < 1.29 is 0 Å². The van der Waals surface area contributed by atoms with Gasteiger partial charge < -0.3 is 10.2 Å². The highest BCUT2D eigenvalue weighted by molar-refractivity contribution is 5.78. The SMILES string of the molecule is CCNCC1CCCN1c1ncc2ccccc2n1. The number of hydrogen-bond acceptors (Lipinski definition) is 4. The third kappa shape index (κ3) is 2.54. The number of likely N-dealkylation sites (N-methyl/N-ethyl adjacent to an activating group) is 1. The molecule has 1 N–H and O–H groups in total. The molecule has 0 aliphatic carbocycles. The molecule has 19 heavy (non-hydrogen) atoms. The van der Waals surface area contributed by atoms with Crippen LogP contribution in [-0.4, -0.2) is 35.6 Å². The predicted octanol–water partition coefficient (Wildman–Crippen LogP) is 2.21. The standard InChI is InChI=1S/C15H20N4/c1-2-16-11-13-7-5-9-19(13)15-17-10-12-6-3-4-8-14(12)18-15/h3-4,6,8,10,13,16H,2,5,7,9,11H2,1H3. The van der Waals surface area contributed by atoms with Gasteiger partial charge in [0, 0.05) is 30.7 Å². The molecule has 2 heterocycles. The van der Waals surface area contributed by atoms with Crippen LogP contribution < -0.4 is 10.2 Å². The zero-order chi connectivity index (χ0) is 13.1. The molecule has 0 bridgehead atoms. The number of aromatic nitrogens is 2. The van der Waals surface area contributed by atoms with E-state index in [4.69, 9.17) is 4.98 Å². The quantitative estimate of drug-likeness (QED) is 0.910. The van der Waals surface area contributed by atoms with E-state index in [-0.39, 0.29) is 0 Å². The second kappa shape index (κ2) is 5.53. The Hall–Kier alpha value is -1.68. The summed E-state index contributed by atoms with van der Waals surface area (Å²) in [5.41, 5.74) is 1.03. The van der Waals surface area contributed by atoms with Crippen LogP contribution in [0.1, 0.15) is 19.8 Å². The zero-order valence-corrected chi connectivity index (χ0v) is 11.3. The van der Waals surface area contributed by atoms with Gasteiger partial charge in [-0.15, -0.1) is 0 Å². The third-order valence-electron chi connectivity index (χ3n) is 3.74. The van der Waals surface area contributed by atoms with E-state index < -0.39 is 0 Å². The van der Waals surface area contributed by atoms with Crippen molar-refractivity contribution in [3.63, 3.8) is 0 Å². The van der Waals surface area contributed by atoms with Crippen LogP contribution in [0.3, 0.4) is 0 Å². The molecule has 4 nitrogen and oxygen atoms in total. The largest absolute Gasteiger partial charge is 0.337 e. The van der Waals surface area contributed by atoms with Crippen LogP contribution in [0.4, 0.5) is 5.95 Å². The third-order valence-corrected chi connectivity index (χ3v) is 3.74. The molecule has 1 atom stereocenters. The Morgan fingerprint density at radius 1 is 1.37 bits per heavy atom. The first-order chi connectivity index (χ1) is 9.38. The van der Waals surface area contributed by atoms with Gasteiger partial charge in [-0.05, 0) is 25.5 Å². The molecular formula is C15H20N4. The fraction of sp³-hybridized carbons (Fsp3) is 0.467. The Labute approximate surface area is 113 Å². The monoisotopic (exact) mass is 256 g/mol. The van der Waals surface area contributed by atoms with Crippen molar-refractivity contribution in [3.05, 3.63) is 30.5 Å². The first-order valence-electron chi connectivity index (χ1n) is 7.07. The van der Waals surface area contributed by atoms with Crippen LogP contribution in [0, 0.1) is 0 Å². The molecule has 3 rings (SSSR count). The first kappa shape index (κ1) is 12.4. The molecule has 1 aromatic carbocycles. The van der Waals surface area contributed by atoms with Crippen molar-refractivity contribution in [3.8, 4) is 0 Å². The van der Waals surface area contributed by atoms with Gasteiger partial charge in [0.1, 0.15) is 0 Å². The maximum absolute atomic E-state index is 4.70. The topological polar surface area (TPSA) is 41.0 Å². The van der Waals surface area contributed by atoms with Crippen molar-refractivity contribution in [1.29, 1.82) is 0 Å². The van der Waals surface area contributed by atoms with Crippen LogP contribution in [-0.2, 0) is 0 Å². The molecule has 1 aliphatic heterocycles. The van der Waals surface area contributed by atoms with Crippen LogP contribution in [0.5, 0.6) is 0 Å². The van der Waals surface area contributed by atoms with Crippen molar-refractivity contribution in [1.82, 2.24) is 15.3 Å². The zero-order valence-electron chi connectivity index (χ0n) is 11.3. The average Bonchev–Trinajstić information content (AvgIpc) is 2.93. The van der Waals surface area contributed by atoms with Crippen LogP contribution in [0.15, 0.2) is 30.5 Å². The molecule has 100 valence electrons. The maximum Gasteiger partial charge on any atom is 0.226 e. The number of nitrogens with one attached hydrogen (secondary N) is 1. The summed E-state index contributed by atoms with van der Waals surface area (Å²) in [5.74, 6) is 0.874. The number of benzene rings is 1. The van der Waals surface area contributed by atoms with Gasteiger partial charge in [0.05, 0.1) is 5.52 Å². The molecule has 1 aliphatic rings. The van der Waals surface area contributed by atoms with Gasteiger partial charge in [-0.2, -0.15) is 0 Å². The van der Waals surface area contributed by atoms with E-state index in [9.17, 15) is 0 Å². The van der Waals surface area contributed by atoms with Crippen molar-refractivity contribution in [2.45, 2.75) is 25.8 Å². The molecule has 2 aromatic rings. The maximum atomic E-state index is 4.70. The fourth-order valence-corrected chi connectivity index (χ4v) is 2.72. The molecule has 1 unspecified atom stereocenters. The molecule has 0 spiro atoms. The highest BCUT2D eigenvalue weighted by atomic mass is 15.3. The minimum Gasteiger partial charge on any atom is -0.337 e. The van der Waals surface area contributed by atoms with Gasteiger partial charge in [0.25, 0.3) is 0 Å². The van der Waals surface area contributed by atoms with E-state index in [0.717, 1.165) is 36.5 Å². The summed E-state index contributed by atoms with van der Waals surface area (Å²) >= 11 is 0. The molecule has 1 fully saturated rings. The highest BCUT2D eigenvalue weighted by Crippen LogP contribution is 2.23. The molecule has 1 aromatic heterocycles. The minimum atomic E-state index is 0.529. The Kier molecular flexibility index (Phi) is 3.60. The fourth-order valence-electron chi connectivity index (χ4n) is 2.72. The normalized spacial score (nSPS) is 19.2. The van der Waals surface area contributed by atoms with Crippen LogP contribution in [0.25, 0.3) is 10.9 Å². The number of fused-ring (bicyclic) bond motifs is 1. The first-order valence-corrected chi connectivity index (χ1v) is 7.07. The lowest BCUT2D eigenvalue weighted by Gasteiger charge is -2.24. The van der Waals surface area contributed by atoms with Gasteiger partial charge in [0.2, 0.25) is 5.95 Å². The summed E-state index contributed by atoms with van der Waals surface area (Å²) in [6, 6.07) is 8.69. The summed E-state index contributed by atoms with van der Waals surface area (Å²) < 4.78 is 0. The smallest absolute Gasteiger partial charge is 0.226 e. The van der Waals surface area contributed by atoms with Gasteiger partial charge in [-0.25, -0.2) is 9.97 Å². The van der Waals surface area contributed by atoms with E-state index >= 15 is 0 Å². The van der Waals surface area contributed by atoms with Crippen molar-refractivity contribution in [2.75, 3.05) is 24.5 Å². The second-order valence-electron chi connectivity index (χ2n) is 5.03. The summed E-state index contributed by atoms with van der Waals surface area (Å²) in [6.45, 7) is 5.25. The number of hydrogen-bond donors (Lipinski definition) is 1. The summed E-state index contributed by atoms with van der Waals surface area (Å²) in [4.78, 5) is 11.6. The van der Waals surface area contributed by atoms with E-state index in [2.05, 4.69) is 34.3 Å². The molecule has 0 amide bonds. The average molecular weight is 256 g/mol. The molecule has 0 radical (unpaired) electrons. The predicted molar refractivity (Wildman–Crippen MR) is 78.4 cm³/mol. The number of rotatable bonds is 4. The van der Waals surface area contributed by atoms with E-state index in [0.29, 0.717) is 6.04 Å². The Balaban J connectivity index is 1.86. The molecule has 1 saturated heterocycles. The van der Waals surface area contributed by atoms with E-state index in [1.54, 1.807) is 0 Å². The van der Waals surface area contributed by atoms with E-state index in [1.807, 2.05) is 18.3 Å². The Morgan fingerprint density at radius 2 is 2.26 bits per heavy atom. The minimum absolute atomic E-state index is 0.529. The van der Waals surface area contributed by atoms with Gasteiger partial charge in [-0.1, -0.05) is 25.1 Å². The van der Waals surface area contributed by atoms with Crippen LogP contribution in [0.2, 0.25) is 0 Å². The lowest BCUT2D eigenvalue weighted by atomic mass is 10.2. The van der Waals surface area contributed by atoms with Gasteiger partial charge >= 0.3 is 0 Å². The van der Waals surface area contributed by atoms with E-state index in [1.165, 1.54) is 12.8 Å². The van der Waals surface area contributed by atoms with Gasteiger partial charge in [0.15, 0.2) is 0 Å². The highest BCUT2D eigenvalue weighted by Gasteiger charge is 2.26. The van der Waals surface area contributed by atoms with Crippen LogP contribution >= 0.6 is 0 Å².